The summed E-state index contributed by atoms with van der Waals surface area (Å²) in [6.45, 7) is 10.1. The van der Waals surface area contributed by atoms with Crippen molar-refractivity contribution in [2.45, 2.75) is 65.1 Å². The largest absolute Gasteiger partial charge is 0.444 e. The second-order valence-corrected chi connectivity index (χ2v) is 12.2. The number of benzene rings is 1. The summed E-state index contributed by atoms with van der Waals surface area (Å²) in [5.74, 6) is -0.477. The van der Waals surface area contributed by atoms with E-state index in [-0.39, 0.29) is 40.1 Å². The molecule has 2 bridgehead atoms. The molecule has 7 nitrogen and oxygen atoms in total. The molecular formula is C26H27ClF2IN5O2. The molecule has 2 saturated heterocycles. The fraction of sp³-hybridized carbons (Fsp3) is 0.462. The lowest BCUT2D eigenvalue weighted by molar-refractivity contribution is 0.0123. The summed E-state index contributed by atoms with van der Waals surface area (Å²) in [6, 6.07) is 3.25. The fourth-order valence-corrected chi connectivity index (χ4v) is 6.11. The van der Waals surface area contributed by atoms with E-state index < -0.39 is 17.5 Å². The van der Waals surface area contributed by atoms with Crippen molar-refractivity contribution in [2.24, 2.45) is 0 Å². The van der Waals surface area contributed by atoms with E-state index in [0.717, 1.165) is 27.7 Å². The summed E-state index contributed by atoms with van der Waals surface area (Å²) >= 11 is 8.76. The minimum atomic E-state index is -1.03. The van der Waals surface area contributed by atoms with Crippen molar-refractivity contribution in [1.82, 2.24) is 19.9 Å². The van der Waals surface area contributed by atoms with Gasteiger partial charge in [-0.2, -0.15) is 14.4 Å². The molecule has 2 aromatic heterocycles. The van der Waals surface area contributed by atoms with Crippen molar-refractivity contribution in [3.63, 3.8) is 0 Å². The molecule has 0 N–H and O–H groups in total. The summed E-state index contributed by atoms with van der Waals surface area (Å²) < 4.78 is 37.1. The third-order valence-electron chi connectivity index (χ3n) is 6.73. The lowest BCUT2D eigenvalue weighted by Gasteiger charge is -2.42. The van der Waals surface area contributed by atoms with Gasteiger partial charge in [0.15, 0.2) is 5.82 Å². The number of carbonyl (C=O) groups excluding carboxylic acids is 1. The van der Waals surface area contributed by atoms with Crippen LogP contribution in [0.5, 0.6) is 0 Å². The van der Waals surface area contributed by atoms with Gasteiger partial charge in [0.1, 0.15) is 16.9 Å². The van der Waals surface area contributed by atoms with Crippen molar-refractivity contribution < 1.29 is 18.3 Å². The minimum Gasteiger partial charge on any atom is -0.444 e. The van der Waals surface area contributed by atoms with Gasteiger partial charge in [0, 0.05) is 27.7 Å². The first-order valence-corrected chi connectivity index (χ1v) is 13.6. The molecule has 0 saturated carbocycles. The highest BCUT2D eigenvalue weighted by Gasteiger charge is 2.45. The van der Waals surface area contributed by atoms with Crippen LogP contribution in [0.4, 0.5) is 19.4 Å². The first kappa shape index (κ1) is 26.3. The van der Waals surface area contributed by atoms with E-state index >= 15 is 4.39 Å². The number of halogens is 4. The third kappa shape index (κ3) is 4.82. The molecule has 3 aromatic rings. The molecule has 5 rings (SSSR count). The van der Waals surface area contributed by atoms with Crippen LogP contribution in [0.2, 0.25) is 5.02 Å². The lowest BCUT2D eigenvalue weighted by Crippen LogP contribution is -2.57. The molecule has 37 heavy (non-hydrogen) atoms. The number of pyridine rings is 1. The number of amides is 1. The molecule has 196 valence electrons. The van der Waals surface area contributed by atoms with Crippen LogP contribution in [0.3, 0.4) is 0 Å². The Kier molecular flexibility index (Phi) is 6.71. The number of carbonyl (C=O) groups is 1. The number of fused-ring (bicyclic) bond motifs is 3. The normalized spacial score (nSPS) is 19.6. The zero-order valence-corrected chi connectivity index (χ0v) is 24.1. The Morgan fingerprint density at radius 3 is 2.38 bits per heavy atom. The second-order valence-electron chi connectivity index (χ2n) is 10.7. The van der Waals surface area contributed by atoms with Crippen molar-refractivity contribution in [1.29, 1.82) is 0 Å². The Balaban J connectivity index is 1.56. The number of aromatic nitrogens is 3. The summed E-state index contributed by atoms with van der Waals surface area (Å²) in [5.41, 5.74) is 1.38. The topological polar surface area (TPSA) is 71.5 Å². The molecule has 11 heteroatoms. The van der Waals surface area contributed by atoms with Gasteiger partial charge in [-0.3, -0.25) is 9.88 Å². The molecule has 0 aliphatic carbocycles. The van der Waals surface area contributed by atoms with Gasteiger partial charge in [-0.15, -0.1) is 0 Å². The molecule has 2 unspecified atom stereocenters. The predicted octanol–water partition coefficient (Wildman–Crippen LogP) is 6.43. The highest BCUT2D eigenvalue weighted by Crippen LogP contribution is 2.41. The standard InChI is InChI=1S/C26H27ClF2IN5O2/c1-12-8-13(2)31-22(20(12)30)18-17(27)9-16-21(19(18)28)32-24(29)33-23(16)34-10-14-6-7-15(11-34)35(14)25(36)37-26(3,4)5/h8-9,14-15H,6-7,10-11H2,1-5H3. The van der Waals surface area contributed by atoms with E-state index in [2.05, 4.69) is 37.5 Å². The monoisotopic (exact) mass is 641 g/mol. The van der Waals surface area contributed by atoms with Gasteiger partial charge in [0.05, 0.1) is 28.4 Å². The number of piperazine rings is 1. The Labute approximate surface area is 232 Å². The van der Waals surface area contributed by atoms with Crippen LogP contribution in [-0.4, -0.2) is 56.7 Å². The summed E-state index contributed by atoms with van der Waals surface area (Å²) in [6.07, 6.45) is 0.205. The first-order valence-electron chi connectivity index (χ1n) is 12.1. The number of ether oxygens (including phenoxy) is 1. The Morgan fingerprint density at radius 1 is 1.11 bits per heavy atom. The molecule has 4 heterocycles. The molecule has 1 amide bonds. The summed E-state index contributed by atoms with van der Waals surface area (Å²) in [4.78, 5) is 28.9. The SMILES string of the molecule is Cc1cc(C)c(I)c(-c2c(Cl)cc3c(N4CC5CCC(C4)N5C(=O)OC(C)(C)C)nc(F)nc3c2F)n1. The van der Waals surface area contributed by atoms with Crippen LogP contribution >= 0.6 is 34.2 Å². The molecule has 1 aromatic carbocycles. The van der Waals surface area contributed by atoms with Crippen LogP contribution in [0.15, 0.2) is 12.1 Å². The Morgan fingerprint density at radius 2 is 1.76 bits per heavy atom. The van der Waals surface area contributed by atoms with E-state index in [1.165, 1.54) is 0 Å². The van der Waals surface area contributed by atoms with E-state index in [4.69, 9.17) is 16.3 Å². The lowest BCUT2D eigenvalue weighted by atomic mass is 10.0. The molecule has 2 fully saturated rings. The minimum absolute atomic E-state index is 0.0873. The van der Waals surface area contributed by atoms with Crippen LogP contribution in [0, 0.1) is 29.3 Å². The zero-order chi connectivity index (χ0) is 26.8. The average Bonchev–Trinajstić information content (AvgIpc) is 3.06. The van der Waals surface area contributed by atoms with Gasteiger partial charge in [-0.25, -0.2) is 9.18 Å². The van der Waals surface area contributed by atoms with Gasteiger partial charge in [0.2, 0.25) is 0 Å². The highest BCUT2D eigenvalue weighted by atomic mass is 127. The van der Waals surface area contributed by atoms with E-state index in [1.54, 1.807) is 11.0 Å². The maximum absolute atomic E-state index is 16.0. The Hall–Kier alpha value is -2.34. The van der Waals surface area contributed by atoms with Gasteiger partial charge < -0.3 is 9.64 Å². The summed E-state index contributed by atoms with van der Waals surface area (Å²) in [5, 5.41) is 0.462. The maximum atomic E-state index is 16.0. The van der Waals surface area contributed by atoms with Gasteiger partial charge in [-0.1, -0.05) is 11.6 Å². The van der Waals surface area contributed by atoms with Crippen LogP contribution < -0.4 is 4.90 Å². The van der Waals surface area contributed by atoms with Gasteiger partial charge >= 0.3 is 12.2 Å². The highest BCUT2D eigenvalue weighted by molar-refractivity contribution is 14.1. The molecule has 2 aliphatic rings. The quantitative estimate of drug-likeness (QED) is 0.237. The average molecular weight is 642 g/mol. The maximum Gasteiger partial charge on any atom is 0.410 e. The van der Waals surface area contributed by atoms with Gasteiger partial charge in [0.25, 0.3) is 0 Å². The van der Waals surface area contributed by atoms with Crippen LogP contribution in [0.1, 0.15) is 44.9 Å². The van der Waals surface area contributed by atoms with Crippen molar-refractivity contribution in [3.05, 3.63) is 43.9 Å². The third-order valence-corrected chi connectivity index (χ3v) is 8.39. The van der Waals surface area contributed by atoms with Crippen molar-refractivity contribution in [3.8, 4) is 11.3 Å². The number of hydrogen-bond acceptors (Lipinski definition) is 6. The molecule has 0 spiro atoms. The fourth-order valence-electron chi connectivity index (χ4n) is 5.29. The second kappa shape index (κ2) is 9.44. The van der Waals surface area contributed by atoms with E-state index in [1.807, 2.05) is 45.6 Å². The Bertz CT molecular complexity index is 1420. The van der Waals surface area contributed by atoms with E-state index in [9.17, 15) is 9.18 Å². The number of rotatable bonds is 2. The molecular weight excluding hydrogens is 615 g/mol. The summed E-state index contributed by atoms with van der Waals surface area (Å²) in [7, 11) is 0. The van der Waals surface area contributed by atoms with Gasteiger partial charge in [-0.05, 0) is 87.7 Å². The number of hydrogen-bond donors (Lipinski definition) is 0. The molecule has 0 radical (unpaired) electrons. The number of nitrogens with zero attached hydrogens (tertiary/aromatic N) is 5. The van der Waals surface area contributed by atoms with Crippen molar-refractivity contribution in [2.75, 3.05) is 18.0 Å². The molecule has 2 atom stereocenters. The first-order chi connectivity index (χ1) is 17.3. The smallest absolute Gasteiger partial charge is 0.410 e. The number of aryl methyl sites for hydroxylation is 2. The predicted molar refractivity (Wildman–Crippen MR) is 147 cm³/mol. The van der Waals surface area contributed by atoms with E-state index in [0.29, 0.717) is 24.2 Å². The van der Waals surface area contributed by atoms with Crippen LogP contribution in [-0.2, 0) is 4.74 Å². The number of anilines is 1. The van der Waals surface area contributed by atoms with Crippen molar-refractivity contribution >= 4 is 57.0 Å². The zero-order valence-electron chi connectivity index (χ0n) is 21.2. The van der Waals surface area contributed by atoms with Crippen LogP contribution in [0.25, 0.3) is 22.2 Å². The molecule has 2 aliphatic heterocycles.